The molecule has 0 aliphatic carbocycles. The average molecular weight is 244 g/mol. The minimum Gasteiger partial charge on any atom is -0.476 e. The number of hydrogen-bond donors (Lipinski definition) is 2. The van der Waals surface area contributed by atoms with E-state index in [-0.39, 0.29) is 11.5 Å². The third-order valence-electron chi connectivity index (χ3n) is 2.28. The third kappa shape index (κ3) is 2.79. The first kappa shape index (κ1) is 12.0. The topological polar surface area (TPSA) is 88.0 Å². The fourth-order valence-electron chi connectivity index (χ4n) is 1.50. The molecule has 0 saturated heterocycles. The summed E-state index contributed by atoms with van der Waals surface area (Å²) >= 11 is 0. The molecule has 0 aliphatic rings. The van der Waals surface area contributed by atoms with Gasteiger partial charge in [0.2, 0.25) is 0 Å². The number of nitrogens with one attached hydrogen (secondary N) is 1. The van der Waals surface area contributed by atoms with Gasteiger partial charge in [0.1, 0.15) is 0 Å². The summed E-state index contributed by atoms with van der Waals surface area (Å²) in [4.78, 5) is 23.0. The van der Waals surface area contributed by atoms with Gasteiger partial charge in [-0.15, -0.1) is 0 Å². The summed E-state index contributed by atoms with van der Waals surface area (Å²) in [5.74, 6) is -0.865. The molecule has 0 saturated carbocycles. The molecule has 0 unspecified atom stereocenters. The minimum atomic E-state index is -1.11. The quantitative estimate of drug-likeness (QED) is 0.847. The first-order chi connectivity index (χ1) is 8.66. The van der Waals surface area contributed by atoms with Gasteiger partial charge in [-0.2, -0.15) is 0 Å². The van der Waals surface area contributed by atoms with Crippen molar-refractivity contribution < 1.29 is 9.90 Å². The van der Waals surface area contributed by atoms with Crippen LogP contribution < -0.4 is 5.32 Å². The Labute approximate surface area is 104 Å². The fraction of sp³-hybridized carbons (Fsp3) is 0.167. The lowest BCUT2D eigenvalue weighted by Crippen LogP contribution is -2.10. The van der Waals surface area contributed by atoms with Crippen molar-refractivity contribution in [1.29, 1.82) is 0 Å². The molecule has 0 spiro atoms. The second kappa shape index (κ2) is 5.22. The van der Waals surface area contributed by atoms with Crippen molar-refractivity contribution in [2.24, 2.45) is 0 Å². The highest BCUT2D eigenvalue weighted by Gasteiger charge is 2.12. The first-order valence-corrected chi connectivity index (χ1v) is 5.37. The number of aryl methyl sites for hydroxylation is 1. The van der Waals surface area contributed by atoms with Gasteiger partial charge in [-0.05, 0) is 19.1 Å². The molecule has 6 heteroatoms. The van der Waals surface area contributed by atoms with Gasteiger partial charge >= 0.3 is 5.97 Å². The fourth-order valence-corrected chi connectivity index (χ4v) is 1.50. The van der Waals surface area contributed by atoms with Crippen LogP contribution in [0.25, 0.3) is 0 Å². The maximum Gasteiger partial charge on any atom is 0.358 e. The number of hydrogen-bond acceptors (Lipinski definition) is 5. The number of carboxylic acid groups (broad SMARTS) is 1. The second-order valence-electron chi connectivity index (χ2n) is 3.68. The number of carbonyl (C=O) groups is 1. The van der Waals surface area contributed by atoms with Gasteiger partial charge in [0.25, 0.3) is 0 Å². The molecule has 0 aliphatic heterocycles. The van der Waals surface area contributed by atoms with Crippen LogP contribution in [0.2, 0.25) is 0 Å². The predicted molar refractivity (Wildman–Crippen MR) is 65.3 cm³/mol. The number of aromatic carboxylic acids is 1. The van der Waals surface area contributed by atoms with Gasteiger partial charge in [-0.25, -0.2) is 14.8 Å². The number of rotatable bonds is 4. The zero-order chi connectivity index (χ0) is 13.0. The molecule has 0 bridgehead atoms. The Bertz CT molecular complexity index is 572. The standard InChI is InChI=1S/C12H12N4O2/c1-8-3-2-4-9(16-8)7-15-11-10(12(17)18)13-5-6-14-11/h2-6H,7H2,1H3,(H,14,15)(H,17,18). The highest BCUT2D eigenvalue weighted by molar-refractivity contribution is 5.90. The summed E-state index contributed by atoms with van der Waals surface area (Å²) in [5.41, 5.74) is 1.63. The van der Waals surface area contributed by atoms with Crippen molar-refractivity contribution in [3.8, 4) is 0 Å². The zero-order valence-corrected chi connectivity index (χ0v) is 9.79. The van der Waals surface area contributed by atoms with E-state index in [0.717, 1.165) is 11.4 Å². The van der Waals surface area contributed by atoms with E-state index in [4.69, 9.17) is 5.11 Å². The molecule has 2 aromatic heterocycles. The molecule has 2 heterocycles. The minimum absolute atomic E-state index is 0.0925. The SMILES string of the molecule is Cc1cccc(CNc2nccnc2C(=O)O)n1. The van der Waals surface area contributed by atoms with E-state index in [9.17, 15) is 4.79 Å². The normalized spacial score (nSPS) is 10.1. The van der Waals surface area contributed by atoms with Crippen LogP contribution in [-0.4, -0.2) is 26.0 Å². The van der Waals surface area contributed by atoms with Crippen LogP contribution in [0.15, 0.2) is 30.6 Å². The Morgan fingerprint density at radius 3 is 2.83 bits per heavy atom. The summed E-state index contributed by atoms with van der Waals surface area (Å²) in [7, 11) is 0. The maximum absolute atomic E-state index is 10.9. The van der Waals surface area contributed by atoms with Crippen molar-refractivity contribution >= 4 is 11.8 Å². The first-order valence-electron chi connectivity index (χ1n) is 5.37. The summed E-state index contributed by atoms with van der Waals surface area (Å²) in [6.07, 6.45) is 2.79. The van der Waals surface area contributed by atoms with Gasteiger partial charge in [-0.1, -0.05) is 6.07 Å². The van der Waals surface area contributed by atoms with Crippen molar-refractivity contribution in [3.05, 3.63) is 47.7 Å². The van der Waals surface area contributed by atoms with Crippen molar-refractivity contribution in [2.45, 2.75) is 13.5 Å². The number of nitrogens with zero attached hydrogens (tertiary/aromatic N) is 3. The Morgan fingerprint density at radius 1 is 1.33 bits per heavy atom. The second-order valence-corrected chi connectivity index (χ2v) is 3.68. The molecule has 6 nitrogen and oxygen atoms in total. The van der Waals surface area contributed by atoms with E-state index >= 15 is 0 Å². The lowest BCUT2D eigenvalue weighted by molar-refractivity contribution is 0.0691. The number of pyridine rings is 1. The molecule has 92 valence electrons. The highest BCUT2D eigenvalue weighted by Crippen LogP contribution is 2.09. The van der Waals surface area contributed by atoms with Gasteiger partial charge in [0, 0.05) is 18.1 Å². The molecule has 0 atom stereocenters. The lowest BCUT2D eigenvalue weighted by Gasteiger charge is -2.07. The third-order valence-corrected chi connectivity index (χ3v) is 2.28. The smallest absolute Gasteiger partial charge is 0.358 e. The molecular weight excluding hydrogens is 232 g/mol. The summed E-state index contributed by atoms with van der Waals surface area (Å²) in [6.45, 7) is 2.30. The molecule has 2 aromatic rings. The molecule has 0 aromatic carbocycles. The van der Waals surface area contributed by atoms with Crippen molar-refractivity contribution in [2.75, 3.05) is 5.32 Å². The molecule has 2 N–H and O–H groups in total. The highest BCUT2D eigenvalue weighted by atomic mass is 16.4. The molecule has 18 heavy (non-hydrogen) atoms. The van der Waals surface area contributed by atoms with E-state index in [1.165, 1.54) is 12.4 Å². The number of aromatic nitrogens is 3. The van der Waals surface area contributed by atoms with Crippen molar-refractivity contribution in [3.63, 3.8) is 0 Å². The van der Waals surface area contributed by atoms with E-state index in [0.29, 0.717) is 6.54 Å². The maximum atomic E-state index is 10.9. The number of carboxylic acids is 1. The summed E-state index contributed by atoms with van der Waals surface area (Å²) in [5, 5.41) is 11.9. The monoisotopic (exact) mass is 244 g/mol. The van der Waals surface area contributed by atoms with Gasteiger partial charge in [-0.3, -0.25) is 4.98 Å². The lowest BCUT2D eigenvalue weighted by atomic mass is 10.3. The van der Waals surface area contributed by atoms with E-state index in [1.807, 2.05) is 25.1 Å². The van der Waals surface area contributed by atoms with Crippen molar-refractivity contribution in [1.82, 2.24) is 15.0 Å². The van der Waals surface area contributed by atoms with Gasteiger partial charge in [0.05, 0.1) is 12.2 Å². The zero-order valence-electron chi connectivity index (χ0n) is 9.79. The Balaban J connectivity index is 2.13. The van der Waals surface area contributed by atoms with E-state index < -0.39 is 5.97 Å². The van der Waals surface area contributed by atoms with E-state index in [1.54, 1.807) is 0 Å². The largest absolute Gasteiger partial charge is 0.476 e. The van der Waals surface area contributed by atoms with Crippen LogP contribution in [-0.2, 0) is 6.54 Å². The number of anilines is 1. The molecule has 0 fully saturated rings. The van der Waals surface area contributed by atoms with Gasteiger partial charge < -0.3 is 10.4 Å². The molecule has 2 rings (SSSR count). The van der Waals surface area contributed by atoms with Crippen LogP contribution in [0.5, 0.6) is 0 Å². The van der Waals surface area contributed by atoms with Crippen LogP contribution >= 0.6 is 0 Å². The Morgan fingerprint density at radius 2 is 2.11 bits per heavy atom. The predicted octanol–water partition coefficient (Wildman–Crippen LogP) is 1.49. The van der Waals surface area contributed by atoms with Gasteiger partial charge in [0.15, 0.2) is 11.5 Å². The van der Waals surface area contributed by atoms with Crippen LogP contribution in [0.1, 0.15) is 21.9 Å². The van der Waals surface area contributed by atoms with E-state index in [2.05, 4.69) is 20.3 Å². The summed E-state index contributed by atoms with van der Waals surface area (Å²) < 4.78 is 0. The molecule has 0 amide bonds. The Kier molecular flexibility index (Phi) is 3.47. The van der Waals surface area contributed by atoms with Crippen LogP contribution in [0, 0.1) is 6.92 Å². The summed E-state index contributed by atoms with van der Waals surface area (Å²) in [6, 6.07) is 5.65. The van der Waals surface area contributed by atoms with Crippen LogP contribution in [0.3, 0.4) is 0 Å². The van der Waals surface area contributed by atoms with Crippen LogP contribution in [0.4, 0.5) is 5.82 Å². The molecular formula is C12H12N4O2. The Hall–Kier alpha value is -2.50. The average Bonchev–Trinajstić information content (AvgIpc) is 2.37. The molecule has 0 radical (unpaired) electrons.